The van der Waals surface area contributed by atoms with Crippen LogP contribution in [0.4, 0.5) is 5.69 Å². The van der Waals surface area contributed by atoms with Gasteiger partial charge in [-0.05, 0) is 25.5 Å². The maximum absolute atomic E-state index is 12.3. The van der Waals surface area contributed by atoms with Gasteiger partial charge in [0, 0.05) is 24.2 Å². The molecule has 2 rings (SSSR count). The number of ether oxygens (including phenoxy) is 1. The second-order valence-corrected chi connectivity index (χ2v) is 6.93. The lowest BCUT2D eigenvalue weighted by atomic mass is 10.2. The molecule has 0 spiro atoms. The van der Waals surface area contributed by atoms with E-state index in [4.69, 9.17) is 4.74 Å². The smallest absolute Gasteiger partial charge is 0.316 e. The summed E-state index contributed by atoms with van der Waals surface area (Å²) in [4.78, 5) is 34.1. The summed E-state index contributed by atoms with van der Waals surface area (Å²) in [5.41, 5.74) is 0.233. The predicted molar refractivity (Wildman–Crippen MR) is 107 cm³/mol. The maximum atomic E-state index is 12.3. The van der Waals surface area contributed by atoms with Gasteiger partial charge in [0.25, 0.3) is 11.6 Å². The molecule has 1 aromatic heterocycles. The number of nitrogens with zero attached hydrogens (tertiary/aromatic N) is 4. The third kappa shape index (κ3) is 6.56. The van der Waals surface area contributed by atoms with Crippen molar-refractivity contribution in [3.05, 3.63) is 45.8 Å². The Balaban J connectivity index is 2.03. The number of amides is 1. The van der Waals surface area contributed by atoms with Gasteiger partial charge in [0.05, 0.1) is 23.8 Å². The van der Waals surface area contributed by atoms with Crippen molar-refractivity contribution in [2.75, 3.05) is 12.4 Å². The van der Waals surface area contributed by atoms with E-state index in [0.29, 0.717) is 29.7 Å². The molecule has 0 aliphatic carbocycles. The van der Waals surface area contributed by atoms with E-state index in [1.54, 1.807) is 6.92 Å². The SMILES string of the molecule is CCCCn1c(CNC(=O)c2ccc([N+](=O)[O-])cc2)nnc1SCC(=O)OCC. The van der Waals surface area contributed by atoms with Crippen LogP contribution < -0.4 is 5.32 Å². The van der Waals surface area contributed by atoms with Gasteiger partial charge in [-0.15, -0.1) is 10.2 Å². The molecule has 2 aromatic rings. The van der Waals surface area contributed by atoms with Crippen LogP contribution in [0, 0.1) is 10.1 Å². The Labute approximate surface area is 172 Å². The van der Waals surface area contributed by atoms with E-state index in [1.807, 2.05) is 4.57 Å². The number of rotatable bonds is 11. The second-order valence-electron chi connectivity index (χ2n) is 5.98. The first-order chi connectivity index (χ1) is 14.0. The molecule has 0 saturated heterocycles. The molecule has 0 saturated carbocycles. The molecular formula is C18H23N5O5S. The zero-order valence-corrected chi connectivity index (χ0v) is 17.1. The minimum absolute atomic E-state index is 0.0795. The van der Waals surface area contributed by atoms with Crippen molar-refractivity contribution in [3.8, 4) is 0 Å². The Morgan fingerprint density at radius 3 is 2.59 bits per heavy atom. The van der Waals surface area contributed by atoms with Crippen LogP contribution in [0.2, 0.25) is 0 Å². The van der Waals surface area contributed by atoms with Gasteiger partial charge in [0.15, 0.2) is 11.0 Å². The molecule has 0 fully saturated rings. The number of hydrogen-bond acceptors (Lipinski definition) is 8. The molecule has 29 heavy (non-hydrogen) atoms. The molecule has 1 heterocycles. The number of nitro groups is 1. The van der Waals surface area contributed by atoms with Crippen LogP contribution in [0.15, 0.2) is 29.4 Å². The highest BCUT2D eigenvalue weighted by Crippen LogP contribution is 2.18. The summed E-state index contributed by atoms with van der Waals surface area (Å²) in [5, 5.41) is 22.3. The maximum Gasteiger partial charge on any atom is 0.316 e. The van der Waals surface area contributed by atoms with Gasteiger partial charge in [-0.2, -0.15) is 0 Å². The van der Waals surface area contributed by atoms with Crippen LogP contribution in [-0.4, -0.2) is 43.9 Å². The summed E-state index contributed by atoms with van der Waals surface area (Å²) < 4.78 is 6.80. The predicted octanol–water partition coefficient (Wildman–Crippen LogP) is 2.57. The van der Waals surface area contributed by atoms with Crippen molar-refractivity contribution in [1.29, 1.82) is 0 Å². The van der Waals surface area contributed by atoms with E-state index < -0.39 is 4.92 Å². The van der Waals surface area contributed by atoms with Gasteiger partial charge in [-0.3, -0.25) is 19.7 Å². The molecule has 0 bridgehead atoms. The van der Waals surface area contributed by atoms with Crippen molar-refractivity contribution in [2.24, 2.45) is 0 Å². The summed E-state index contributed by atoms with van der Waals surface area (Å²) in [6, 6.07) is 5.36. The minimum atomic E-state index is -0.520. The quantitative estimate of drug-likeness (QED) is 0.254. The summed E-state index contributed by atoms with van der Waals surface area (Å²) in [7, 11) is 0. The van der Waals surface area contributed by atoms with Crippen LogP contribution in [0.25, 0.3) is 0 Å². The molecule has 11 heteroatoms. The molecule has 1 N–H and O–H groups in total. The highest BCUT2D eigenvalue weighted by molar-refractivity contribution is 7.99. The van der Waals surface area contributed by atoms with Gasteiger partial charge in [0.1, 0.15) is 0 Å². The van der Waals surface area contributed by atoms with Crippen LogP contribution in [0.1, 0.15) is 42.9 Å². The fraction of sp³-hybridized carbons (Fsp3) is 0.444. The van der Waals surface area contributed by atoms with E-state index in [1.165, 1.54) is 36.0 Å². The van der Waals surface area contributed by atoms with E-state index in [0.717, 1.165) is 12.8 Å². The molecule has 1 aromatic carbocycles. The molecule has 0 unspecified atom stereocenters. The summed E-state index contributed by atoms with van der Waals surface area (Å²) in [5.74, 6) is 0.00840. The van der Waals surface area contributed by atoms with Crippen molar-refractivity contribution in [2.45, 2.75) is 44.9 Å². The number of non-ortho nitro benzene ring substituents is 1. The van der Waals surface area contributed by atoms with E-state index in [-0.39, 0.29) is 29.9 Å². The Bertz CT molecular complexity index is 853. The van der Waals surface area contributed by atoms with Crippen molar-refractivity contribution in [3.63, 3.8) is 0 Å². The van der Waals surface area contributed by atoms with E-state index >= 15 is 0 Å². The number of unbranched alkanes of at least 4 members (excludes halogenated alkanes) is 1. The number of nitro benzene ring substituents is 1. The highest BCUT2D eigenvalue weighted by atomic mass is 32.2. The number of nitrogens with one attached hydrogen (secondary N) is 1. The van der Waals surface area contributed by atoms with Crippen molar-refractivity contribution < 1.29 is 19.2 Å². The Hall–Kier alpha value is -2.95. The molecule has 1 amide bonds. The van der Waals surface area contributed by atoms with E-state index in [9.17, 15) is 19.7 Å². The Morgan fingerprint density at radius 2 is 1.97 bits per heavy atom. The van der Waals surface area contributed by atoms with Crippen molar-refractivity contribution >= 4 is 29.3 Å². The summed E-state index contributed by atoms with van der Waals surface area (Å²) in [6.07, 6.45) is 1.86. The lowest BCUT2D eigenvalue weighted by Gasteiger charge is -2.10. The highest BCUT2D eigenvalue weighted by Gasteiger charge is 2.16. The van der Waals surface area contributed by atoms with Crippen LogP contribution in [0.3, 0.4) is 0 Å². The third-order valence-electron chi connectivity index (χ3n) is 3.90. The lowest BCUT2D eigenvalue weighted by Crippen LogP contribution is -2.25. The summed E-state index contributed by atoms with van der Waals surface area (Å²) >= 11 is 1.24. The first-order valence-electron chi connectivity index (χ1n) is 9.19. The molecule has 0 aliphatic heterocycles. The average molecular weight is 421 g/mol. The first-order valence-corrected chi connectivity index (χ1v) is 10.2. The van der Waals surface area contributed by atoms with Gasteiger partial charge in [0.2, 0.25) is 0 Å². The average Bonchev–Trinajstić information content (AvgIpc) is 3.10. The number of hydrogen-bond donors (Lipinski definition) is 1. The van der Waals surface area contributed by atoms with E-state index in [2.05, 4.69) is 22.4 Å². The van der Waals surface area contributed by atoms with Crippen LogP contribution >= 0.6 is 11.8 Å². The number of esters is 1. The normalized spacial score (nSPS) is 10.6. The third-order valence-corrected chi connectivity index (χ3v) is 4.84. The molecule has 0 radical (unpaired) electrons. The molecule has 156 valence electrons. The first kappa shape index (κ1) is 22.3. The lowest BCUT2D eigenvalue weighted by molar-refractivity contribution is -0.384. The molecule has 0 aliphatic rings. The van der Waals surface area contributed by atoms with Crippen LogP contribution in [-0.2, 0) is 22.6 Å². The number of carbonyl (C=O) groups excluding carboxylic acids is 2. The number of carbonyl (C=O) groups is 2. The summed E-state index contributed by atoms with van der Waals surface area (Å²) in [6.45, 7) is 4.94. The Morgan fingerprint density at radius 1 is 1.24 bits per heavy atom. The largest absolute Gasteiger partial charge is 0.465 e. The topological polar surface area (TPSA) is 129 Å². The molecule has 0 atom stereocenters. The van der Waals surface area contributed by atoms with Gasteiger partial charge < -0.3 is 14.6 Å². The van der Waals surface area contributed by atoms with Gasteiger partial charge >= 0.3 is 5.97 Å². The zero-order valence-electron chi connectivity index (χ0n) is 16.3. The Kier molecular flexibility index (Phi) is 8.59. The fourth-order valence-corrected chi connectivity index (χ4v) is 3.20. The molecular weight excluding hydrogens is 398 g/mol. The van der Waals surface area contributed by atoms with Gasteiger partial charge in [-0.25, -0.2) is 0 Å². The standard InChI is InChI=1S/C18H23N5O5S/c1-3-5-10-22-15(20-21-18(22)29-12-16(24)28-4-2)11-19-17(25)13-6-8-14(9-7-13)23(26)27/h6-9H,3-5,10-12H2,1-2H3,(H,19,25). The van der Waals surface area contributed by atoms with Gasteiger partial charge in [-0.1, -0.05) is 25.1 Å². The zero-order chi connectivity index (χ0) is 21.2. The number of benzene rings is 1. The minimum Gasteiger partial charge on any atom is -0.465 e. The number of aromatic nitrogens is 3. The van der Waals surface area contributed by atoms with Crippen LogP contribution in [0.5, 0.6) is 0 Å². The number of thioether (sulfide) groups is 1. The monoisotopic (exact) mass is 421 g/mol. The van der Waals surface area contributed by atoms with Crippen molar-refractivity contribution in [1.82, 2.24) is 20.1 Å². The molecule has 10 nitrogen and oxygen atoms in total. The fourth-order valence-electron chi connectivity index (χ4n) is 2.42. The second kappa shape index (κ2) is 11.1.